The highest BCUT2D eigenvalue weighted by molar-refractivity contribution is 7.12. The number of pyridine rings is 1. The van der Waals surface area contributed by atoms with Crippen LogP contribution in [0.3, 0.4) is 0 Å². The zero-order valence-corrected chi connectivity index (χ0v) is 12.6. The van der Waals surface area contributed by atoms with Crippen molar-refractivity contribution in [3.05, 3.63) is 46.4 Å². The first kappa shape index (κ1) is 13.1. The van der Waals surface area contributed by atoms with Crippen LogP contribution < -0.4 is 11.1 Å². The molecule has 6 heteroatoms. The van der Waals surface area contributed by atoms with E-state index in [-0.39, 0.29) is 0 Å². The number of aryl methyl sites for hydroxylation is 1. The molecule has 0 saturated heterocycles. The van der Waals surface area contributed by atoms with Crippen molar-refractivity contribution in [2.24, 2.45) is 0 Å². The molecular weight excluding hydrogens is 288 g/mol. The van der Waals surface area contributed by atoms with Crippen LogP contribution in [0.1, 0.15) is 9.75 Å². The highest BCUT2D eigenvalue weighted by atomic mass is 32.1. The van der Waals surface area contributed by atoms with Gasteiger partial charge in [-0.25, -0.2) is 0 Å². The highest BCUT2D eigenvalue weighted by Crippen LogP contribution is 2.36. The van der Waals surface area contributed by atoms with Gasteiger partial charge in [0.05, 0.1) is 12.1 Å². The van der Waals surface area contributed by atoms with Crippen LogP contribution in [-0.2, 0) is 6.54 Å². The molecule has 0 radical (unpaired) electrons. The van der Waals surface area contributed by atoms with Crippen molar-refractivity contribution in [3.63, 3.8) is 0 Å². The monoisotopic (exact) mass is 302 g/mol. The molecule has 0 amide bonds. The Morgan fingerprint density at radius 2 is 2.00 bits per heavy atom. The molecule has 102 valence electrons. The normalized spacial score (nSPS) is 10.7. The molecule has 0 bridgehead atoms. The molecular formula is C14H14N4S2. The average Bonchev–Trinajstić information content (AvgIpc) is 3.03. The van der Waals surface area contributed by atoms with Gasteiger partial charge in [0.2, 0.25) is 0 Å². The van der Waals surface area contributed by atoms with Gasteiger partial charge in [0.25, 0.3) is 0 Å². The lowest BCUT2D eigenvalue weighted by Gasteiger charge is -2.06. The molecule has 3 heterocycles. The molecule has 0 saturated carbocycles. The van der Waals surface area contributed by atoms with E-state index in [1.54, 1.807) is 23.7 Å². The standard InChI is InChI=1S/C14H14N4S2/c1-9-2-3-11(19-9)8-17-14-12(13(15)18-20-14)10-4-6-16-7-5-10/h2-7,17H,8H2,1H3,(H2,15,18). The number of nitrogen functional groups attached to an aromatic ring is 1. The number of aromatic nitrogens is 2. The number of nitrogens with one attached hydrogen (secondary N) is 1. The molecule has 20 heavy (non-hydrogen) atoms. The van der Waals surface area contributed by atoms with Crippen molar-refractivity contribution in [1.82, 2.24) is 9.36 Å². The van der Waals surface area contributed by atoms with Gasteiger partial charge in [0.1, 0.15) is 10.8 Å². The van der Waals surface area contributed by atoms with E-state index in [1.165, 1.54) is 21.3 Å². The van der Waals surface area contributed by atoms with Crippen LogP contribution in [0.2, 0.25) is 0 Å². The molecule has 0 aliphatic rings. The van der Waals surface area contributed by atoms with Crippen molar-refractivity contribution >= 4 is 33.7 Å². The van der Waals surface area contributed by atoms with Gasteiger partial charge in [-0.15, -0.1) is 11.3 Å². The zero-order valence-electron chi connectivity index (χ0n) is 11.0. The third kappa shape index (κ3) is 2.66. The maximum absolute atomic E-state index is 5.99. The second-order valence-electron chi connectivity index (χ2n) is 4.37. The van der Waals surface area contributed by atoms with E-state index in [2.05, 4.69) is 33.7 Å². The predicted molar refractivity (Wildman–Crippen MR) is 86.1 cm³/mol. The van der Waals surface area contributed by atoms with E-state index in [0.29, 0.717) is 5.82 Å². The molecule has 3 rings (SSSR count). The Hall–Kier alpha value is -1.92. The molecule has 0 aromatic carbocycles. The van der Waals surface area contributed by atoms with E-state index < -0.39 is 0 Å². The summed E-state index contributed by atoms with van der Waals surface area (Å²) in [6.45, 7) is 2.90. The Morgan fingerprint density at radius 1 is 1.20 bits per heavy atom. The fourth-order valence-corrected chi connectivity index (χ4v) is 3.53. The van der Waals surface area contributed by atoms with E-state index in [9.17, 15) is 0 Å². The summed E-state index contributed by atoms with van der Waals surface area (Å²) in [4.78, 5) is 6.65. The summed E-state index contributed by atoms with van der Waals surface area (Å²) in [5, 5.41) is 4.43. The van der Waals surface area contributed by atoms with Crippen molar-refractivity contribution < 1.29 is 0 Å². The molecule has 0 fully saturated rings. The van der Waals surface area contributed by atoms with E-state index in [0.717, 1.165) is 22.7 Å². The minimum atomic E-state index is 0.561. The molecule has 0 spiro atoms. The largest absolute Gasteiger partial charge is 0.382 e. The van der Waals surface area contributed by atoms with Gasteiger partial charge < -0.3 is 11.1 Å². The maximum Gasteiger partial charge on any atom is 0.147 e. The lowest BCUT2D eigenvalue weighted by atomic mass is 10.1. The minimum Gasteiger partial charge on any atom is -0.382 e. The van der Waals surface area contributed by atoms with Gasteiger partial charge in [-0.05, 0) is 48.3 Å². The summed E-state index contributed by atoms with van der Waals surface area (Å²) in [5.74, 6) is 0.561. The first-order chi connectivity index (χ1) is 9.74. The third-order valence-electron chi connectivity index (χ3n) is 2.91. The quantitative estimate of drug-likeness (QED) is 0.770. The van der Waals surface area contributed by atoms with E-state index >= 15 is 0 Å². The van der Waals surface area contributed by atoms with Gasteiger partial charge in [0, 0.05) is 22.1 Å². The van der Waals surface area contributed by atoms with Crippen LogP contribution in [-0.4, -0.2) is 9.36 Å². The predicted octanol–water partition coefficient (Wildman–Crippen LogP) is 3.77. The molecule has 0 aliphatic carbocycles. The lowest BCUT2D eigenvalue weighted by molar-refractivity contribution is 1.21. The maximum atomic E-state index is 5.99. The van der Waals surface area contributed by atoms with E-state index in [4.69, 9.17) is 5.73 Å². The van der Waals surface area contributed by atoms with Crippen LogP contribution in [0.15, 0.2) is 36.7 Å². The fraction of sp³-hybridized carbons (Fsp3) is 0.143. The topological polar surface area (TPSA) is 63.8 Å². The second-order valence-corrected chi connectivity index (χ2v) is 6.52. The zero-order chi connectivity index (χ0) is 13.9. The van der Waals surface area contributed by atoms with Crippen LogP contribution in [0.4, 0.5) is 10.8 Å². The van der Waals surface area contributed by atoms with Crippen LogP contribution in [0, 0.1) is 6.92 Å². The first-order valence-electron chi connectivity index (χ1n) is 6.19. The van der Waals surface area contributed by atoms with Gasteiger partial charge in [-0.3, -0.25) is 4.98 Å². The summed E-state index contributed by atoms with van der Waals surface area (Å²) in [6, 6.07) is 8.16. The number of nitrogens with two attached hydrogens (primary N) is 1. The average molecular weight is 302 g/mol. The number of thiophene rings is 1. The van der Waals surface area contributed by atoms with Crippen molar-refractivity contribution in [2.45, 2.75) is 13.5 Å². The number of anilines is 2. The Morgan fingerprint density at radius 3 is 2.70 bits per heavy atom. The third-order valence-corrected chi connectivity index (χ3v) is 4.73. The van der Waals surface area contributed by atoms with Crippen molar-refractivity contribution in [1.29, 1.82) is 0 Å². The van der Waals surface area contributed by atoms with Crippen LogP contribution in [0.5, 0.6) is 0 Å². The molecule has 0 atom stereocenters. The van der Waals surface area contributed by atoms with E-state index in [1.807, 2.05) is 12.1 Å². The number of hydrogen-bond donors (Lipinski definition) is 2. The smallest absolute Gasteiger partial charge is 0.147 e. The Bertz CT molecular complexity index is 703. The van der Waals surface area contributed by atoms with Crippen molar-refractivity contribution in [2.75, 3.05) is 11.1 Å². The summed E-state index contributed by atoms with van der Waals surface area (Å²) in [7, 11) is 0. The highest BCUT2D eigenvalue weighted by Gasteiger charge is 2.13. The summed E-state index contributed by atoms with van der Waals surface area (Å²) < 4.78 is 4.25. The number of nitrogens with zero attached hydrogens (tertiary/aromatic N) is 2. The summed E-state index contributed by atoms with van der Waals surface area (Å²) in [6.07, 6.45) is 3.53. The lowest BCUT2D eigenvalue weighted by Crippen LogP contribution is -1.97. The molecule has 3 aromatic heterocycles. The Balaban J connectivity index is 1.84. The van der Waals surface area contributed by atoms with Crippen molar-refractivity contribution in [3.8, 4) is 11.1 Å². The molecule has 4 nitrogen and oxygen atoms in total. The number of hydrogen-bond acceptors (Lipinski definition) is 6. The molecule has 0 aliphatic heterocycles. The van der Waals surface area contributed by atoms with Crippen LogP contribution >= 0.6 is 22.9 Å². The summed E-state index contributed by atoms with van der Waals surface area (Å²) in [5.41, 5.74) is 7.99. The fourth-order valence-electron chi connectivity index (χ4n) is 1.97. The Labute approximate surface area is 125 Å². The number of rotatable bonds is 4. The van der Waals surface area contributed by atoms with Gasteiger partial charge in [-0.1, -0.05) is 0 Å². The Kier molecular flexibility index (Phi) is 3.66. The van der Waals surface area contributed by atoms with Gasteiger partial charge in [-0.2, -0.15) is 4.37 Å². The molecule has 3 aromatic rings. The summed E-state index contributed by atoms with van der Waals surface area (Å²) >= 11 is 3.19. The second kappa shape index (κ2) is 5.60. The SMILES string of the molecule is Cc1ccc(CNc2snc(N)c2-c2ccncc2)s1. The van der Waals surface area contributed by atoms with Crippen LogP contribution in [0.25, 0.3) is 11.1 Å². The molecule has 0 unspecified atom stereocenters. The molecule has 3 N–H and O–H groups in total. The minimum absolute atomic E-state index is 0.561. The van der Waals surface area contributed by atoms with Gasteiger partial charge >= 0.3 is 0 Å². The first-order valence-corrected chi connectivity index (χ1v) is 7.78. The van der Waals surface area contributed by atoms with Gasteiger partial charge in [0.15, 0.2) is 0 Å².